The second-order valence-corrected chi connectivity index (χ2v) is 5.73. The summed E-state index contributed by atoms with van der Waals surface area (Å²) in [6, 6.07) is 5.90. The maximum Gasteiger partial charge on any atom is 0.297 e. The molecule has 1 aromatic carbocycles. The zero-order valence-electron chi connectivity index (χ0n) is 13.2. The van der Waals surface area contributed by atoms with Crippen LogP contribution in [0.4, 0.5) is 0 Å². The molecule has 2 aliphatic heterocycles. The van der Waals surface area contributed by atoms with E-state index in [0.717, 1.165) is 28.1 Å². The molecule has 120 valence electrons. The van der Waals surface area contributed by atoms with Gasteiger partial charge in [-0.05, 0) is 25.5 Å². The zero-order valence-corrected chi connectivity index (χ0v) is 13.2. The van der Waals surface area contributed by atoms with E-state index in [-0.39, 0.29) is 19.1 Å². The predicted molar refractivity (Wildman–Crippen MR) is 84.6 cm³/mol. The molecule has 6 heteroatoms. The van der Waals surface area contributed by atoms with Gasteiger partial charge in [-0.15, -0.1) is 5.11 Å². The van der Waals surface area contributed by atoms with Crippen molar-refractivity contribution in [1.29, 1.82) is 0 Å². The van der Waals surface area contributed by atoms with E-state index in [4.69, 9.17) is 9.84 Å². The molecule has 0 atom stereocenters. The third-order valence-electron chi connectivity index (χ3n) is 3.93. The van der Waals surface area contributed by atoms with E-state index in [1.54, 1.807) is 6.20 Å². The number of aliphatic hydroxyl groups excluding tert-OH is 1. The number of hydrogen-bond acceptors (Lipinski definition) is 5. The summed E-state index contributed by atoms with van der Waals surface area (Å²) in [5, 5.41) is 16.4. The van der Waals surface area contributed by atoms with Crippen LogP contribution in [-0.2, 0) is 17.9 Å². The molecule has 1 amide bonds. The number of carbonyl (C=O) groups excluding carboxylic acids is 1. The first kappa shape index (κ1) is 15.4. The molecule has 1 N–H and O–H groups in total. The van der Waals surface area contributed by atoms with Crippen LogP contribution in [0.2, 0.25) is 0 Å². The maximum absolute atomic E-state index is 12.0. The zero-order chi connectivity index (χ0) is 16.4. The molecule has 3 rings (SSSR count). The van der Waals surface area contributed by atoms with Crippen LogP contribution in [0.25, 0.3) is 0 Å². The van der Waals surface area contributed by atoms with E-state index in [1.165, 1.54) is 0 Å². The van der Waals surface area contributed by atoms with Gasteiger partial charge in [-0.3, -0.25) is 4.79 Å². The van der Waals surface area contributed by atoms with E-state index < -0.39 is 0 Å². The van der Waals surface area contributed by atoms with Crippen LogP contribution in [0.3, 0.4) is 0 Å². The summed E-state index contributed by atoms with van der Waals surface area (Å²) in [5.74, 6) is 0.484. The second-order valence-electron chi connectivity index (χ2n) is 5.73. The minimum absolute atomic E-state index is 0.0185. The van der Waals surface area contributed by atoms with Gasteiger partial charge in [0.15, 0.2) is 0 Å². The average molecular weight is 313 g/mol. The molecule has 0 radical (unpaired) electrons. The Morgan fingerprint density at radius 1 is 1.35 bits per heavy atom. The molecular weight excluding hydrogens is 294 g/mol. The molecule has 0 spiro atoms. The number of benzene rings is 1. The lowest BCUT2D eigenvalue weighted by molar-refractivity contribution is -0.115. The highest BCUT2D eigenvalue weighted by molar-refractivity contribution is 5.99. The van der Waals surface area contributed by atoms with Crippen molar-refractivity contribution in [3.05, 3.63) is 52.4 Å². The van der Waals surface area contributed by atoms with Gasteiger partial charge in [-0.1, -0.05) is 17.7 Å². The van der Waals surface area contributed by atoms with Crippen LogP contribution in [0.5, 0.6) is 5.75 Å². The molecule has 2 aliphatic rings. The van der Waals surface area contributed by atoms with Gasteiger partial charge in [-0.2, -0.15) is 5.11 Å². The minimum atomic E-state index is -0.296. The predicted octanol–water partition coefficient (Wildman–Crippen LogP) is 2.54. The highest BCUT2D eigenvalue weighted by atomic mass is 16.5. The van der Waals surface area contributed by atoms with Gasteiger partial charge in [0.05, 0.1) is 24.1 Å². The fourth-order valence-corrected chi connectivity index (χ4v) is 2.92. The van der Waals surface area contributed by atoms with Gasteiger partial charge >= 0.3 is 0 Å². The molecular formula is C17H19N3O3. The largest absolute Gasteiger partial charge is 0.491 e. The van der Waals surface area contributed by atoms with Crippen molar-refractivity contribution < 1.29 is 14.6 Å². The number of carbonyl (C=O) groups is 1. The van der Waals surface area contributed by atoms with Crippen molar-refractivity contribution in [2.45, 2.75) is 26.9 Å². The van der Waals surface area contributed by atoms with Crippen LogP contribution in [0, 0.1) is 0 Å². The van der Waals surface area contributed by atoms with Crippen LogP contribution in [0.1, 0.15) is 25.0 Å². The minimum Gasteiger partial charge on any atom is -0.491 e. The number of aliphatic hydroxyl groups is 1. The number of hydrogen-bond donors (Lipinski definition) is 1. The Morgan fingerprint density at radius 3 is 2.91 bits per heavy atom. The van der Waals surface area contributed by atoms with Gasteiger partial charge in [0.25, 0.3) is 5.91 Å². The van der Waals surface area contributed by atoms with Crippen molar-refractivity contribution in [3.63, 3.8) is 0 Å². The quantitative estimate of drug-likeness (QED) is 0.867. The van der Waals surface area contributed by atoms with E-state index in [2.05, 4.69) is 21.2 Å². The molecule has 0 aromatic heterocycles. The summed E-state index contributed by atoms with van der Waals surface area (Å²) >= 11 is 0. The first-order valence-corrected chi connectivity index (χ1v) is 7.54. The van der Waals surface area contributed by atoms with Crippen LogP contribution >= 0.6 is 0 Å². The van der Waals surface area contributed by atoms with Crippen molar-refractivity contribution in [2.24, 2.45) is 10.2 Å². The Kier molecular flexibility index (Phi) is 4.25. The Bertz CT molecular complexity index is 731. The smallest absolute Gasteiger partial charge is 0.297 e. The SMILES string of the molecule is CC(C)=C1C(=O)N=NC=C1N1Cc2cccc(OCCO)c2C1. The molecule has 23 heavy (non-hydrogen) atoms. The third kappa shape index (κ3) is 2.90. The number of ether oxygens (including phenoxy) is 1. The molecule has 0 fully saturated rings. The summed E-state index contributed by atoms with van der Waals surface area (Å²) in [7, 11) is 0. The Hall–Kier alpha value is -2.47. The van der Waals surface area contributed by atoms with E-state index in [9.17, 15) is 4.79 Å². The molecule has 0 bridgehead atoms. The summed E-state index contributed by atoms with van der Waals surface area (Å²) in [6.07, 6.45) is 1.64. The Morgan fingerprint density at radius 2 is 2.17 bits per heavy atom. The van der Waals surface area contributed by atoms with E-state index in [1.807, 2.05) is 26.0 Å². The highest BCUT2D eigenvalue weighted by Gasteiger charge is 2.29. The number of fused-ring (bicyclic) bond motifs is 1. The van der Waals surface area contributed by atoms with E-state index in [0.29, 0.717) is 18.7 Å². The fourth-order valence-electron chi connectivity index (χ4n) is 2.92. The summed E-state index contributed by atoms with van der Waals surface area (Å²) in [4.78, 5) is 14.2. The second kappa shape index (κ2) is 6.34. The molecule has 1 aromatic rings. The number of azo groups is 1. The number of nitrogens with zero attached hydrogens (tertiary/aromatic N) is 3. The summed E-state index contributed by atoms with van der Waals surface area (Å²) in [6.45, 7) is 5.39. The van der Waals surface area contributed by atoms with Crippen LogP contribution < -0.4 is 4.74 Å². The topological polar surface area (TPSA) is 74.5 Å². The standard InChI is InChI=1S/C17H19N3O3/c1-11(2)16-14(8-18-19-17(16)22)20-9-12-4-3-5-15(13(12)10-20)23-7-6-21/h3-5,8,21H,6-7,9-10H2,1-2H3. The van der Waals surface area contributed by atoms with Crippen molar-refractivity contribution >= 4 is 5.91 Å². The normalized spacial score (nSPS) is 16.5. The van der Waals surface area contributed by atoms with E-state index >= 15 is 0 Å². The summed E-state index contributed by atoms with van der Waals surface area (Å²) < 4.78 is 5.61. The van der Waals surface area contributed by atoms with Gasteiger partial charge in [-0.25, -0.2) is 0 Å². The monoisotopic (exact) mass is 313 g/mol. The Balaban J connectivity index is 1.90. The lowest BCUT2D eigenvalue weighted by Gasteiger charge is -2.24. The molecule has 0 saturated heterocycles. The molecule has 0 saturated carbocycles. The summed E-state index contributed by atoms with van der Waals surface area (Å²) in [5.41, 5.74) is 4.59. The van der Waals surface area contributed by atoms with Crippen molar-refractivity contribution in [3.8, 4) is 5.75 Å². The van der Waals surface area contributed by atoms with Gasteiger partial charge in [0.2, 0.25) is 0 Å². The van der Waals surface area contributed by atoms with Gasteiger partial charge < -0.3 is 14.7 Å². The van der Waals surface area contributed by atoms with Crippen molar-refractivity contribution in [1.82, 2.24) is 4.90 Å². The fraction of sp³-hybridized carbons (Fsp3) is 0.353. The lowest BCUT2D eigenvalue weighted by Crippen LogP contribution is -2.22. The Labute approximate surface area is 134 Å². The first-order chi connectivity index (χ1) is 11.1. The third-order valence-corrected chi connectivity index (χ3v) is 3.93. The molecule has 2 heterocycles. The highest BCUT2D eigenvalue weighted by Crippen LogP contribution is 2.36. The average Bonchev–Trinajstić information content (AvgIpc) is 2.96. The number of amides is 1. The van der Waals surface area contributed by atoms with Crippen LogP contribution in [-0.4, -0.2) is 29.1 Å². The lowest BCUT2D eigenvalue weighted by atomic mass is 10.1. The van der Waals surface area contributed by atoms with Crippen LogP contribution in [0.15, 0.2) is 51.5 Å². The first-order valence-electron chi connectivity index (χ1n) is 7.54. The molecule has 0 unspecified atom stereocenters. The van der Waals surface area contributed by atoms with Gasteiger partial charge in [0, 0.05) is 18.7 Å². The van der Waals surface area contributed by atoms with Gasteiger partial charge in [0.1, 0.15) is 12.4 Å². The number of allylic oxidation sites excluding steroid dienone is 1. The van der Waals surface area contributed by atoms with Crippen molar-refractivity contribution in [2.75, 3.05) is 13.2 Å². The maximum atomic E-state index is 12.0. The molecule has 6 nitrogen and oxygen atoms in total. The number of rotatable bonds is 4. The molecule has 0 aliphatic carbocycles.